The molecule has 0 aliphatic carbocycles. The lowest BCUT2D eigenvalue weighted by atomic mass is 10.1. The molecular weight excluding hydrogens is 322 g/mol. The molecular formula is C18H21N3O4. The normalized spacial score (nSPS) is 10.3. The van der Waals surface area contributed by atoms with Crippen molar-refractivity contribution in [2.24, 2.45) is 0 Å². The third-order valence-electron chi connectivity index (χ3n) is 3.68. The molecule has 0 fully saturated rings. The number of unbranched alkanes of at least 4 members (excludes halogenated alkanes) is 2. The fraction of sp³-hybridized carbons (Fsp3) is 0.333. The van der Waals surface area contributed by atoms with E-state index in [1.807, 2.05) is 25.1 Å². The first-order chi connectivity index (χ1) is 12.1. The van der Waals surface area contributed by atoms with E-state index in [4.69, 9.17) is 4.74 Å². The number of nitrogens with zero attached hydrogens (tertiary/aromatic N) is 2. The summed E-state index contributed by atoms with van der Waals surface area (Å²) >= 11 is 0. The molecule has 132 valence electrons. The van der Waals surface area contributed by atoms with Gasteiger partial charge in [-0.1, -0.05) is 18.2 Å². The predicted molar refractivity (Wildman–Crippen MR) is 94.7 cm³/mol. The van der Waals surface area contributed by atoms with E-state index in [-0.39, 0.29) is 11.7 Å². The Morgan fingerprint density at radius 1 is 1.20 bits per heavy atom. The summed E-state index contributed by atoms with van der Waals surface area (Å²) in [4.78, 5) is 26.0. The van der Waals surface area contributed by atoms with Crippen LogP contribution in [0.15, 0.2) is 42.6 Å². The van der Waals surface area contributed by atoms with Crippen molar-refractivity contribution in [1.29, 1.82) is 0 Å². The third kappa shape index (κ3) is 5.87. The van der Waals surface area contributed by atoms with Crippen molar-refractivity contribution in [3.8, 4) is 0 Å². The molecule has 2 rings (SSSR count). The maximum atomic E-state index is 11.9. The van der Waals surface area contributed by atoms with Crippen molar-refractivity contribution < 1.29 is 14.5 Å². The second-order valence-corrected chi connectivity index (χ2v) is 5.60. The van der Waals surface area contributed by atoms with Crippen LogP contribution in [0.3, 0.4) is 0 Å². The zero-order chi connectivity index (χ0) is 18.1. The van der Waals surface area contributed by atoms with Crippen LogP contribution in [-0.4, -0.2) is 29.0 Å². The van der Waals surface area contributed by atoms with E-state index >= 15 is 0 Å². The van der Waals surface area contributed by atoms with Gasteiger partial charge in [0.1, 0.15) is 12.0 Å². The van der Waals surface area contributed by atoms with Gasteiger partial charge < -0.3 is 10.1 Å². The van der Waals surface area contributed by atoms with Crippen molar-refractivity contribution in [2.45, 2.75) is 26.2 Å². The molecule has 1 N–H and O–H groups in total. The second kappa shape index (κ2) is 9.36. The summed E-state index contributed by atoms with van der Waals surface area (Å²) in [5, 5.41) is 13.6. The fourth-order valence-corrected chi connectivity index (χ4v) is 2.26. The summed E-state index contributed by atoms with van der Waals surface area (Å²) in [5.74, 6) is 0.322. The minimum absolute atomic E-state index is 0.0268. The standard InChI is InChI=1S/C18H21N3O4/c1-14-7-3-4-8-16(14)18(22)25-12-6-2-5-11-19-17-10-9-15(13-20-17)21(23)24/h3-4,7-10,13H,2,5-6,11-12H2,1H3,(H,19,20). The van der Waals surface area contributed by atoms with Gasteiger partial charge in [-0.2, -0.15) is 0 Å². The Bertz CT molecular complexity index is 717. The molecule has 1 aromatic carbocycles. The lowest BCUT2D eigenvalue weighted by molar-refractivity contribution is -0.385. The van der Waals surface area contributed by atoms with Crippen molar-refractivity contribution in [1.82, 2.24) is 4.98 Å². The van der Waals surface area contributed by atoms with Crippen LogP contribution < -0.4 is 5.32 Å². The molecule has 0 bridgehead atoms. The summed E-state index contributed by atoms with van der Waals surface area (Å²) < 4.78 is 5.27. The van der Waals surface area contributed by atoms with Gasteiger partial charge >= 0.3 is 5.97 Å². The summed E-state index contributed by atoms with van der Waals surface area (Å²) in [7, 11) is 0. The highest BCUT2D eigenvalue weighted by Crippen LogP contribution is 2.12. The Morgan fingerprint density at radius 3 is 2.68 bits per heavy atom. The smallest absolute Gasteiger partial charge is 0.338 e. The lowest BCUT2D eigenvalue weighted by Crippen LogP contribution is -2.08. The molecule has 0 unspecified atom stereocenters. The molecule has 0 saturated carbocycles. The zero-order valence-electron chi connectivity index (χ0n) is 14.1. The highest BCUT2D eigenvalue weighted by Gasteiger charge is 2.09. The van der Waals surface area contributed by atoms with Gasteiger partial charge in [0.2, 0.25) is 0 Å². The Kier molecular flexibility index (Phi) is 6.88. The molecule has 0 spiro atoms. The van der Waals surface area contributed by atoms with Crippen LogP contribution >= 0.6 is 0 Å². The molecule has 0 radical (unpaired) electrons. The molecule has 1 heterocycles. The zero-order valence-corrected chi connectivity index (χ0v) is 14.1. The number of esters is 1. The van der Waals surface area contributed by atoms with Gasteiger partial charge in [0.05, 0.1) is 17.1 Å². The molecule has 7 nitrogen and oxygen atoms in total. The van der Waals surface area contributed by atoms with Crippen LogP contribution in [0.5, 0.6) is 0 Å². The number of nitro groups is 1. The van der Waals surface area contributed by atoms with Crippen LogP contribution in [-0.2, 0) is 4.74 Å². The minimum atomic E-state index is -0.477. The number of hydrogen-bond donors (Lipinski definition) is 1. The number of benzene rings is 1. The van der Waals surface area contributed by atoms with Crippen molar-refractivity contribution in [3.63, 3.8) is 0 Å². The van der Waals surface area contributed by atoms with E-state index < -0.39 is 4.92 Å². The van der Waals surface area contributed by atoms with E-state index in [1.165, 1.54) is 12.3 Å². The molecule has 1 aromatic heterocycles. The van der Waals surface area contributed by atoms with Crippen LogP contribution in [0.1, 0.15) is 35.2 Å². The molecule has 0 aliphatic heterocycles. The Morgan fingerprint density at radius 2 is 2.00 bits per heavy atom. The summed E-state index contributed by atoms with van der Waals surface area (Å²) in [6, 6.07) is 10.4. The lowest BCUT2D eigenvalue weighted by Gasteiger charge is -2.07. The van der Waals surface area contributed by atoms with Crippen molar-refractivity contribution in [2.75, 3.05) is 18.5 Å². The highest BCUT2D eigenvalue weighted by atomic mass is 16.6. The number of hydrogen-bond acceptors (Lipinski definition) is 6. The maximum Gasteiger partial charge on any atom is 0.338 e. The first-order valence-electron chi connectivity index (χ1n) is 8.15. The number of carbonyl (C=O) groups is 1. The van der Waals surface area contributed by atoms with E-state index in [1.54, 1.807) is 12.1 Å². The maximum absolute atomic E-state index is 11.9. The second-order valence-electron chi connectivity index (χ2n) is 5.60. The van der Waals surface area contributed by atoms with E-state index in [0.29, 0.717) is 24.5 Å². The largest absolute Gasteiger partial charge is 0.462 e. The van der Waals surface area contributed by atoms with Gasteiger partial charge in [0.25, 0.3) is 5.69 Å². The van der Waals surface area contributed by atoms with Gasteiger partial charge in [0, 0.05) is 12.6 Å². The number of anilines is 1. The topological polar surface area (TPSA) is 94.4 Å². The van der Waals surface area contributed by atoms with Gasteiger partial charge in [-0.25, -0.2) is 9.78 Å². The van der Waals surface area contributed by atoms with Gasteiger partial charge in [-0.3, -0.25) is 10.1 Å². The van der Waals surface area contributed by atoms with Crippen LogP contribution in [0, 0.1) is 17.0 Å². The molecule has 0 aliphatic rings. The number of nitrogens with one attached hydrogen (secondary N) is 1. The van der Waals surface area contributed by atoms with Gasteiger partial charge in [0.15, 0.2) is 0 Å². The number of carbonyl (C=O) groups excluding carboxylic acids is 1. The molecule has 0 amide bonds. The average Bonchev–Trinajstić information content (AvgIpc) is 2.61. The number of aryl methyl sites for hydroxylation is 1. The number of ether oxygens (including phenoxy) is 1. The molecule has 2 aromatic rings. The Balaban J connectivity index is 1.58. The van der Waals surface area contributed by atoms with E-state index in [9.17, 15) is 14.9 Å². The molecule has 7 heteroatoms. The quantitative estimate of drug-likeness (QED) is 0.323. The van der Waals surface area contributed by atoms with E-state index in [0.717, 1.165) is 24.8 Å². The number of aromatic nitrogens is 1. The third-order valence-corrected chi connectivity index (χ3v) is 3.68. The molecule has 25 heavy (non-hydrogen) atoms. The number of pyridine rings is 1. The number of rotatable bonds is 9. The Labute approximate surface area is 146 Å². The minimum Gasteiger partial charge on any atom is -0.462 e. The van der Waals surface area contributed by atoms with Crippen LogP contribution in [0.4, 0.5) is 11.5 Å². The summed E-state index contributed by atoms with van der Waals surface area (Å²) in [6.07, 6.45) is 3.81. The monoisotopic (exact) mass is 343 g/mol. The first kappa shape index (κ1) is 18.4. The molecule has 0 saturated heterocycles. The van der Waals surface area contributed by atoms with Gasteiger partial charge in [-0.15, -0.1) is 0 Å². The summed E-state index contributed by atoms with van der Waals surface area (Å²) in [6.45, 7) is 2.98. The van der Waals surface area contributed by atoms with Crippen LogP contribution in [0.2, 0.25) is 0 Å². The highest BCUT2D eigenvalue weighted by molar-refractivity contribution is 5.90. The average molecular weight is 343 g/mol. The van der Waals surface area contributed by atoms with E-state index in [2.05, 4.69) is 10.3 Å². The van der Waals surface area contributed by atoms with Gasteiger partial charge in [-0.05, 0) is 43.9 Å². The van der Waals surface area contributed by atoms with Crippen molar-refractivity contribution >= 4 is 17.5 Å². The summed E-state index contributed by atoms with van der Waals surface area (Å²) in [5.41, 5.74) is 1.49. The predicted octanol–water partition coefficient (Wildman–Crippen LogP) is 3.74. The first-order valence-corrected chi connectivity index (χ1v) is 8.15. The Hall–Kier alpha value is -2.96. The molecule has 0 atom stereocenters. The van der Waals surface area contributed by atoms with Crippen molar-refractivity contribution in [3.05, 3.63) is 63.8 Å². The fourth-order valence-electron chi connectivity index (χ4n) is 2.26. The SMILES string of the molecule is Cc1ccccc1C(=O)OCCCCCNc1ccc([N+](=O)[O-])cn1. The van der Waals surface area contributed by atoms with Crippen LogP contribution in [0.25, 0.3) is 0 Å².